The summed E-state index contributed by atoms with van der Waals surface area (Å²) < 4.78 is 26.3. The van der Waals surface area contributed by atoms with Gasteiger partial charge in [-0.15, -0.1) is 0 Å². The maximum absolute atomic E-state index is 13.0. The first-order valence-corrected chi connectivity index (χ1v) is 11.5. The number of amides is 1. The van der Waals surface area contributed by atoms with Crippen molar-refractivity contribution in [1.82, 2.24) is 5.32 Å². The third kappa shape index (κ3) is 5.35. The van der Waals surface area contributed by atoms with Crippen molar-refractivity contribution in [2.75, 3.05) is 10.6 Å². The Morgan fingerprint density at radius 3 is 2.25 bits per heavy atom. The van der Waals surface area contributed by atoms with Crippen molar-refractivity contribution < 1.29 is 13.2 Å². The number of nitrogens with one attached hydrogen (secondary N) is 1. The Hall–Kier alpha value is -2.34. The van der Waals surface area contributed by atoms with E-state index in [2.05, 4.69) is 12.2 Å². The lowest BCUT2D eigenvalue weighted by Gasteiger charge is -2.31. The Kier molecular flexibility index (Phi) is 7.24. The summed E-state index contributed by atoms with van der Waals surface area (Å²) in [6.45, 7) is 7.71. The van der Waals surface area contributed by atoms with E-state index in [1.54, 1.807) is 18.2 Å². The van der Waals surface area contributed by atoms with Gasteiger partial charge in [0.1, 0.15) is 6.04 Å². The molecular formula is C22H30N2O3S. The zero-order valence-corrected chi connectivity index (χ0v) is 18.1. The van der Waals surface area contributed by atoms with E-state index in [1.165, 1.54) is 9.87 Å². The van der Waals surface area contributed by atoms with E-state index >= 15 is 0 Å². The minimum absolute atomic E-state index is 0.216. The molecule has 0 radical (unpaired) electrons. The maximum Gasteiger partial charge on any atom is 0.244 e. The summed E-state index contributed by atoms with van der Waals surface area (Å²) in [4.78, 5) is 13.0. The Morgan fingerprint density at radius 2 is 1.75 bits per heavy atom. The lowest BCUT2D eigenvalue weighted by molar-refractivity contribution is -0.122. The number of sulfonamides is 1. The molecule has 2 atom stereocenters. The summed E-state index contributed by atoms with van der Waals surface area (Å²) in [5.41, 5.74) is 3.66. The normalized spacial score (nSPS) is 13.6. The molecule has 5 nitrogen and oxygen atoms in total. The van der Waals surface area contributed by atoms with Crippen LogP contribution in [0.15, 0.2) is 48.5 Å². The molecular weight excluding hydrogens is 372 g/mol. The van der Waals surface area contributed by atoms with Crippen LogP contribution in [-0.4, -0.2) is 26.6 Å². The standard InChI is InChI=1S/C22H30N2O3S/c1-6-18-11-13-19(14-12-18)17(4)23-22(25)21(7-2)24(28(5,26)27)20-10-8-9-16(3)15-20/h8-15,17,21H,6-7H2,1-5H3,(H,23,25)/t17-,21-/m0/s1. The molecule has 0 unspecified atom stereocenters. The van der Waals surface area contributed by atoms with E-state index in [0.717, 1.165) is 23.8 Å². The quantitative estimate of drug-likeness (QED) is 0.726. The van der Waals surface area contributed by atoms with E-state index in [9.17, 15) is 13.2 Å². The van der Waals surface area contributed by atoms with Gasteiger partial charge in [-0.25, -0.2) is 8.42 Å². The molecule has 6 heteroatoms. The number of hydrogen-bond acceptors (Lipinski definition) is 3. The van der Waals surface area contributed by atoms with Crippen molar-refractivity contribution >= 4 is 21.6 Å². The van der Waals surface area contributed by atoms with Gasteiger partial charge in [-0.1, -0.05) is 50.2 Å². The molecule has 0 aliphatic heterocycles. The topological polar surface area (TPSA) is 66.5 Å². The van der Waals surface area contributed by atoms with Crippen molar-refractivity contribution in [1.29, 1.82) is 0 Å². The van der Waals surface area contributed by atoms with E-state index in [1.807, 2.05) is 51.1 Å². The molecule has 152 valence electrons. The molecule has 28 heavy (non-hydrogen) atoms. The Bertz CT molecular complexity index is 908. The number of hydrogen-bond donors (Lipinski definition) is 1. The summed E-state index contributed by atoms with van der Waals surface area (Å²) in [6, 6.07) is 14.3. The molecule has 0 fully saturated rings. The van der Waals surface area contributed by atoms with Crippen LogP contribution in [0.3, 0.4) is 0 Å². The third-order valence-corrected chi connectivity index (χ3v) is 6.01. The van der Waals surface area contributed by atoms with Crippen molar-refractivity contribution in [3.63, 3.8) is 0 Å². The van der Waals surface area contributed by atoms with Gasteiger partial charge in [0.2, 0.25) is 15.9 Å². The molecule has 2 aromatic rings. The highest BCUT2D eigenvalue weighted by Gasteiger charge is 2.32. The zero-order valence-electron chi connectivity index (χ0n) is 17.3. The summed E-state index contributed by atoms with van der Waals surface area (Å²) >= 11 is 0. The zero-order chi connectivity index (χ0) is 20.9. The lowest BCUT2D eigenvalue weighted by Crippen LogP contribution is -2.49. The van der Waals surface area contributed by atoms with Gasteiger partial charge in [-0.3, -0.25) is 9.10 Å². The molecule has 0 aliphatic carbocycles. The highest BCUT2D eigenvalue weighted by molar-refractivity contribution is 7.92. The van der Waals surface area contributed by atoms with Crippen LogP contribution in [0, 0.1) is 6.92 Å². The average Bonchev–Trinajstić information content (AvgIpc) is 2.64. The second kappa shape index (κ2) is 9.24. The maximum atomic E-state index is 13.0. The van der Waals surface area contributed by atoms with Gasteiger partial charge < -0.3 is 5.32 Å². The number of nitrogens with zero attached hydrogens (tertiary/aromatic N) is 1. The largest absolute Gasteiger partial charge is 0.348 e. The van der Waals surface area contributed by atoms with Crippen LogP contribution in [0.5, 0.6) is 0 Å². The van der Waals surface area contributed by atoms with Crippen molar-refractivity contribution in [3.8, 4) is 0 Å². The van der Waals surface area contributed by atoms with Crippen LogP contribution in [0.1, 0.15) is 49.9 Å². The molecule has 1 N–H and O–H groups in total. The number of anilines is 1. The number of carbonyl (C=O) groups excluding carboxylic acids is 1. The monoisotopic (exact) mass is 402 g/mol. The van der Waals surface area contributed by atoms with E-state index < -0.39 is 16.1 Å². The minimum Gasteiger partial charge on any atom is -0.348 e. The first-order chi connectivity index (χ1) is 13.2. The van der Waals surface area contributed by atoms with Gasteiger partial charge in [-0.05, 0) is 55.5 Å². The second-order valence-corrected chi connectivity index (χ2v) is 9.01. The minimum atomic E-state index is -3.63. The van der Waals surface area contributed by atoms with Crippen LogP contribution < -0.4 is 9.62 Å². The van der Waals surface area contributed by atoms with Gasteiger partial charge in [-0.2, -0.15) is 0 Å². The molecule has 0 saturated heterocycles. The number of aryl methyl sites for hydroxylation is 2. The average molecular weight is 403 g/mol. The molecule has 1 amide bonds. The van der Waals surface area contributed by atoms with Crippen LogP contribution in [0.25, 0.3) is 0 Å². The fraction of sp³-hybridized carbons (Fsp3) is 0.409. The van der Waals surface area contributed by atoms with Gasteiger partial charge in [0, 0.05) is 0 Å². The molecule has 0 heterocycles. The first kappa shape index (κ1) is 22.0. The summed E-state index contributed by atoms with van der Waals surface area (Å²) in [5.74, 6) is -0.304. The van der Waals surface area contributed by atoms with Crippen LogP contribution in [0.4, 0.5) is 5.69 Å². The van der Waals surface area contributed by atoms with Crippen LogP contribution in [0.2, 0.25) is 0 Å². The van der Waals surface area contributed by atoms with Gasteiger partial charge in [0.25, 0.3) is 0 Å². The van der Waals surface area contributed by atoms with E-state index in [4.69, 9.17) is 0 Å². The Labute approximate surface area is 168 Å². The van der Waals surface area contributed by atoms with Crippen molar-refractivity contribution in [2.24, 2.45) is 0 Å². The second-order valence-electron chi connectivity index (χ2n) is 7.15. The van der Waals surface area contributed by atoms with Gasteiger partial charge in [0.05, 0.1) is 18.0 Å². The smallest absolute Gasteiger partial charge is 0.244 e. The fourth-order valence-corrected chi connectivity index (χ4v) is 4.46. The first-order valence-electron chi connectivity index (χ1n) is 9.62. The molecule has 0 saturated carbocycles. The predicted octanol–water partition coefficient (Wildman–Crippen LogP) is 3.98. The summed E-state index contributed by atoms with van der Waals surface area (Å²) in [7, 11) is -3.63. The SMILES string of the molecule is CCc1ccc([C@H](C)NC(=O)[C@H](CC)N(c2cccc(C)c2)S(C)(=O)=O)cc1. The molecule has 0 aromatic heterocycles. The third-order valence-electron chi connectivity index (χ3n) is 4.83. The summed E-state index contributed by atoms with van der Waals surface area (Å²) in [6.07, 6.45) is 2.46. The molecule has 0 aliphatic rings. The van der Waals surface area contributed by atoms with Gasteiger partial charge in [0.15, 0.2) is 0 Å². The van der Waals surface area contributed by atoms with E-state index in [0.29, 0.717) is 12.1 Å². The number of rotatable bonds is 8. The Balaban J connectivity index is 2.28. The highest BCUT2D eigenvalue weighted by Crippen LogP contribution is 2.24. The van der Waals surface area contributed by atoms with Crippen LogP contribution >= 0.6 is 0 Å². The predicted molar refractivity (Wildman–Crippen MR) is 115 cm³/mol. The van der Waals surface area contributed by atoms with Gasteiger partial charge >= 0.3 is 0 Å². The van der Waals surface area contributed by atoms with E-state index in [-0.39, 0.29) is 11.9 Å². The summed E-state index contributed by atoms with van der Waals surface area (Å²) in [5, 5.41) is 2.98. The molecule has 2 rings (SSSR count). The highest BCUT2D eigenvalue weighted by atomic mass is 32.2. The van der Waals surface area contributed by atoms with Crippen molar-refractivity contribution in [3.05, 3.63) is 65.2 Å². The van der Waals surface area contributed by atoms with Crippen molar-refractivity contribution in [2.45, 2.75) is 52.6 Å². The van der Waals surface area contributed by atoms with Crippen LogP contribution in [-0.2, 0) is 21.2 Å². The Morgan fingerprint density at radius 1 is 1.11 bits per heavy atom. The lowest BCUT2D eigenvalue weighted by atomic mass is 10.0. The molecule has 0 spiro atoms. The number of carbonyl (C=O) groups is 1. The fourth-order valence-electron chi connectivity index (χ4n) is 3.26. The molecule has 2 aromatic carbocycles. The number of benzene rings is 2. The molecule has 0 bridgehead atoms.